The van der Waals surface area contributed by atoms with E-state index < -0.39 is 23.5 Å². The molecule has 0 atom stereocenters. The van der Waals surface area contributed by atoms with Crippen LogP contribution in [0.4, 0.5) is 17.6 Å². The average Bonchev–Trinajstić information content (AvgIpc) is 2.46. The summed E-state index contributed by atoms with van der Waals surface area (Å²) in [6.07, 6.45) is -4.48. The minimum atomic E-state index is -4.48. The van der Waals surface area contributed by atoms with Crippen molar-refractivity contribution in [3.8, 4) is 0 Å². The smallest absolute Gasteiger partial charge is 0.337 e. The number of benzene rings is 2. The largest absolute Gasteiger partial charge is 0.416 e. The van der Waals surface area contributed by atoms with Crippen LogP contribution in [0.2, 0.25) is 0 Å². The molecule has 116 valence electrons. The minimum absolute atomic E-state index is 0.00737. The predicted molar refractivity (Wildman–Crippen MR) is 73.6 cm³/mol. The van der Waals surface area contributed by atoms with E-state index in [1.165, 1.54) is 37.4 Å². The van der Waals surface area contributed by atoms with E-state index in [1.807, 2.05) is 0 Å². The Kier molecular flexibility index (Phi) is 4.49. The predicted octanol–water partition coefficient (Wildman–Crippen LogP) is 4.12. The lowest BCUT2D eigenvalue weighted by molar-refractivity contribution is -0.138. The van der Waals surface area contributed by atoms with Crippen molar-refractivity contribution in [3.63, 3.8) is 0 Å². The van der Waals surface area contributed by atoms with Gasteiger partial charge in [-0.2, -0.15) is 13.2 Å². The van der Waals surface area contributed by atoms with Gasteiger partial charge in [-0.05, 0) is 35.9 Å². The van der Waals surface area contributed by atoms with Gasteiger partial charge >= 0.3 is 6.18 Å². The van der Waals surface area contributed by atoms with Gasteiger partial charge in [-0.25, -0.2) is 4.39 Å². The van der Waals surface area contributed by atoms with Gasteiger partial charge in [-0.15, -0.1) is 0 Å². The maximum absolute atomic E-state index is 12.9. The standard InChI is InChI=1S/C16H13F4NO/c1-21(15(22)11-6-8-13(17)9-7-11)10-12-4-2-3-5-14(12)16(18,19)20/h2-9H,10H2,1H3. The number of hydrogen-bond donors (Lipinski definition) is 0. The Morgan fingerprint density at radius 1 is 1.05 bits per heavy atom. The molecule has 0 bridgehead atoms. The van der Waals surface area contributed by atoms with Gasteiger partial charge in [-0.3, -0.25) is 4.79 Å². The lowest BCUT2D eigenvalue weighted by Crippen LogP contribution is -2.27. The monoisotopic (exact) mass is 311 g/mol. The molecular formula is C16H13F4NO. The summed E-state index contributed by atoms with van der Waals surface area (Å²) in [5, 5.41) is 0. The number of hydrogen-bond acceptors (Lipinski definition) is 1. The number of amides is 1. The van der Waals surface area contributed by atoms with Crippen molar-refractivity contribution in [2.45, 2.75) is 12.7 Å². The molecule has 1 amide bonds. The van der Waals surface area contributed by atoms with Crippen LogP contribution in [0, 0.1) is 5.82 Å². The molecule has 0 aliphatic rings. The second-order valence-electron chi connectivity index (χ2n) is 4.82. The topological polar surface area (TPSA) is 20.3 Å². The highest BCUT2D eigenvalue weighted by Crippen LogP contribution is 2.32. The summed E-state index contributed by atoms with van der Waals surface area (Å²) in [6, 6.07) is 9.95. The number of alkyl halides is 3. The summed E-state index contributed by atoms with van der Waals surface area (Å²) >= 11 is 0. The van der Waals surface area contributed by atoms with Gasteiger partial charge in [-0.1, -0.05) is 18.2 Å². The molecule has 22 heavy (non-hydrogen) atoms. The number of halogens is 4. The Morgan fingerprint density at radius 3 is 2.23 bits per heavy atom. The Morgan fingerprint density at radius 2 is 1.64 bits per heavy atom. The van der Waals surface area contributed by atoms with Crippen LogP contribution in [0.1, 0.15) is 21.5 Å². The highest BCUT2D eigenvalue weighted by atomic mass is 19.4. The maximum Gasteiger partial charge on any atom is 0.416 e. The Hall–Kier alpha value is -2.37. The van der Waals surface area contributed by atoms with Crippen LogP contribution in [-0.4, -0.2) is 17.9 Å². The summed E-state index contributed by atoms with van der Waals surface area (Å²) in [6.45, 7) is -0.189. The van der Waals surface area contributed by atoms with Crippen molar-refractivity contribution >= 4 is 5.91 Å². The fourth-order valence-electron chi connectivity index (χ4n) is 2.07. The van der Waals surface area contributed by atoms with Crippen molar-refractivity contribution in [1.82, 2.24) is 4.90 Å². The summed E-state index contributed by atoms with van der Waals surface area (Å²) in [4.78, 5) is 13.3. The van der Waals surface area contributed by atoms with Crippen LogP contribution < -0.4 is 0 Å². The van der Waals surface area contributed by atoms with Crippen LogP contribution in [-0.2, 0) is 12.7 Å². The second kappa shape index (κ2) is 6.17. The molecule has 0 N–H and O–H groups in total. The zero-order chi connectivity index (χ0) is 16.3. The van der Waals surface area contributed by atoms with Gasteiger partial charge in [0, 0.05) is 19.2 Å². The van der Waals surface area contributed by atoms with Crippen molar-refractivity contribution in [3.05, 3.63) is 71.0 Å². The van der Waals surface area contributed by atoms with Crippen LogP contribution in [0.5, 0.6) is 0 Å². The molecule has 0 fully saturated rings. The third-order valence-corrected chi connectivity index (χ3v) is 3.17. The van der Waals surface area contributed by atoms with Gasteiger partial charge in [0.2, 0.25) is 0 Å². The zero-order valence-corrected chi connectivity index (χ0v) is 11.7. The molecule has 0 unspecified atom stereocenters. The van der Waals surface area contributed by atoms with E-state index in [0.29, 0.717) is 0 Å². The maximum atomic E-state index is 12.9. The molecule has 0 aromatic heterocycles. The van der Waals surface area contributed by atoms with Gasteiger partial charge in [0.05, 0.1) is 5.56 Å². The molecule has 6 heteroatoms. The number of nitrogens with zero attached hydrogens (tertiary/aromatic N) is 1. The van der Waals surface area contributed by atoms with E-state index in [2.05, 4.69) is 0 Å². The summed E-state index contributed by atoms with van der Waals surface area (Å²) in [7, 11) is 1.40. The Balaban J connectivity index is 2.20. The van der Waals surface area contributed by atoms with Gasteiger partial charge < -0.3 is 4.90 Å². The van der Waals surface area contributed by atoms with E-state index >= 15 is 0 Å². The van der Waals surface area contributed by atoms with Crippen LogP contribution in [0.15, 0.2) is 48.5 Å². The molecule has 2 aromatic carbocycles. The number of rotatable bonds is 3. The quantitative estimate of drug-likeness (QED) is 0.781. The van der Waals surface area contributed by atoms with E-state index in [0.717, 1.165) is 23.1 Å². The molecule has 2 nitrogen and oxygen atoms in total. The van der Waals surface area contributed by atoms with Crippen LogP contribution in [0.25, 0.3) is 0 Å². The lowest BCUT2D eigenvalue weighted by atomic mass is 10.1. The highest BCUT2D eigenvalue weighted by Gasteiger charge is 2.33. The zero-order valence-electron chi connectivity index (χ0n) is 11.7. The SMILES string of the molecule is CN(Cc1ccccc1C(F)(F)F)C(=O)c1ccc(F)cc1. The van der Waals surface area contributed by atoms with E-state index in [9.17, 15) is 22.4 Å². The summed E-state index contributed by atoms with van der Waals surface area (Å²) in [5.41, 5.74) is -0.546. The number of carbonyl (C=O) groups excluding carboxylic acids is 1. The number of carbonyl (C=O) groups is 1. The van der Waals surface area contributed by atoms with Gasteiger partial charge in [0.1, 0.15) is 5.82 Å². The molecule has 0 spiro atoms. The fraction of sp³-hybridized carbons (Fsp3) is 0.188. The Bertz CT molecular complexity index is 665. The third-order valence-electron chi connectivity index (χ3n) is 3.17. The van der Waals surface area contributed by atoms with Crippen LogP contribution >= 0.6 is 0 Å². The molecule has 0 radical (unpaired) electrons. The Labute approximate surface area is 125 Å². The van der Waals surface area contributed by atoms with Crippen LogP contribution in [0.3, 0.4) is 0 Å². The van der Waals surface area contributed by atoms with Gasteiger partial charge in [0.25, 0.3) is 5.91 Å². The molecule has 2 aromatic rings. The van der Waals surface area contributed by atoms with Crippen molar-refractivity contribution < 1.29 is 22.4 Å². The average molecular weight is 311 g/mol. The van der Waals surface area contributed by atoms with Crippen molar-refractivity contribution in [2.24, 2.45) is 0 Å². The molecule has 0 saturated carbocycles. The molecule has 2 rings (SSSR count). The lowest BCUT2D eigenvalue weighted by Gasteiger charge is -2.20. The summed E-state index contributed by atoms with van der Waals surface area (Å²) in [5.74, 6) is -0.960. The van der Waals surface area contributed by atoms with E-state index in [1.54, 1.807) is 0 Å². The second-order valence-corrected chi connectivity index (χ2v) is 4.82. The van der Waals surface area contributed by atoms with Crippen molar-refractivity contribution in [1.29, 1.82) is 0 Å². The van der Waals surface area contributed by atoms with E-state index in [4.69, 9.17) is 0 Å². The molecule has 0 saturated heterocycles. The first-order valence-electron chi connectivity index (χ1n) is 6.45. The minimum Gasteiger partial charge on any atom is -0.337 e. The first kappa shape index (κ1) is 16.0. The molecule has 0 heterocycles. The summed E-state index contributed by atoms with van der Waals surface area (Å²) < 4.78 is 51.6. The van der Waals surface area contributed by atoms with Crippen molar-refractivity contribution in [2.75, 3.05) is 7.05 Å². The molecular weight excluding hydrogens is 298 g/mol. The normalized spacial score (nSPS) is 11.3. The highest BCUT2D eigenvalue weighted by molar-refractivity contribution is 5.94. The third kappa shape index (κ3) is 3.63. The first-order valence-corrected chi connectivity index (χ1v) is 6.45. The molecule has 0 aliphatic heterocycles. The first-order chi connectivity index (χ1) is 10.3. The van der Waals surface area contributed by atoms with E-state index in [-0.39, 0.29) is 17.7 Å². The molecule has 0 aliphatic carbocycles. The fourth-order valence-corrected chi connectivity index (χ4v) is 2.07. The van der Waals surface area contributed by atoms with Gasteiger partial charge in [0.15, 0.2) is 0 Å².